The van der Waals surface area contributed by atoms with Crippen LogP contribution < -0.4 is 9.47 Å². The van der Waals surface area contributed by atoms with E-state index >= 15 is 0 Å². The molecule has 9 heteroatoms. The second-order valence-corrected chi connectivity index (χ2v) is 7.10. The summed E-state index contributed by atoms with van der Waals surface area (Å²) in [6.45, 7) is -0.193. The van der Waals surface area contributed by atoms with Crippen LogP contribution in [0.15, 0.2) is 35.2 Å². The molecule has 136 valence electrons. The molecule has 0 amide bonds. The summed E-state index contributed by atoms with van der Waals surface area (Å²) in [6.07, 6.45) is 0. The van der Waals surface area contributed by atoms with Crippen molar-refractivity contribution in [2.45, 2.75) is 11.4 Å². The van der Waals surface area contributed by atoms with Gasteiger partial charge in [-0.2, -0.15) is 4.31 Å². The molecule has 0 saturated heterocycles. The molecule has 25 heavy (non-hydrogen) atoms. The minimum atomic E-state index is -4.40. The maximum Gasteiger partial charge on any atom is 0.246 e. The predicted molar refractivity (Wildman–Crippen MR) is 84.5 cm³/mol. The summed E-state index contributed by atoms with van der Waals surface area (Å²) < 4.78 is 76.4. The number of halogens is 3. The molecule has 2 aromatic carbocycles. The van der Waals surface area contributed by atoms with Gasteiger partial charge in [0.05, 0.1) is 14.2 Å². The third kappa shape index (κ3) is 3.57. The van der Waals surface area contributed by atoms with Crippen LogP contribution in [0.1, 0.15) is 5.56 Å². The SMILES string of the molecule is COc1cccc(CN(C)S(=O)(=O)c2ccc(F)c(F)c2F)c1OC. The van der Waals surface area contributed by atoms with Crippen LogP contribution >= 0.6 is 0 Å². The maximum atomic E-state index is 13.9. The van der Waals surface area contributed by atoms with E-state index in [1.807, 2.05) is 0 Å². The Morgan fingerprint density at radius 2 is 1.68 bits per heavy atom. The molecule has 5 nitrogen and oxygen atoms in total. The van der Waals surface area contributed by atoms with E-state index in [9.17, 15) is 21.6 Å². The number of rotatable bonds is 6. The van der Waals surface area contributed by atoms with Gasteiger partial charge in [-0.25, -0.2) is 21.6 Å². The topological polar surface area (TPSA) is 55.8 Å². The maximum absolute atomic E-state index is 13.9. The number of methoxy groups -OCH3 is 2. The Balaban J connectivity index is 2.41. The monoisotopic (exact) mass is 375 g/mol. The van der Waals surface area contributed by atoms with Crippen molar-refractivity contribution in [3.05, 3.63) is 53.3 Å². The van der Waals surface area contributed by atoms with Crippen molar-refractivity contribution in [3.63, 3.8) is 0 Å². The van der Waals surface area contributed by atoms with E-state index in [1.54, 1.807) is 18.2 Å². The summed E-state index contributed by atoms with van der Waals surface area (Å²) in [5.41, 5.74) is 0.455. The molecule has 0 unspecified atom stereocenters. The van der Waals surface area contributed by atoms with Gasteiger partial charge in [-0.05, 0) is 18.2 Å². The van der Waals surface area contributed by atoms with Crippen molar-refractivity contribution in [2.75, 3.05) is 21.3 Å². The number of para-hydroxylation sites is 1. The highest BCUT2D eigenvalue weighted by molar-refractivity contribution is 7.89. The molecule has 0 saturated carbocycles. The lowest BCUT2D eigenvalue weighted by molar-refractivity contribution is 0.347. The van der Waals surface area contributed by atoms with Gasteiger partial charge in [0.25, 0.3) is 0 Å². The third-order valence-corrected chi connectivity index (χ3v) is 5.39. The Morgan fingerprint density at radius 1 is 1.00 bits per heavy atom. The summed E-state index contributed by atoms with van der Waals surface area (Å²) in [4.78, 5) is -0.948. The minimum absolute atomic E-state index is 0.193. The van der Waals surface area contributed by atoms with Gasteiger partial charge < -0.3 is 9.47 Å². The highest BCUT2D eigenvalue weighted by Gasteiger charge is 2.28. The number of nitrogens with zero attached hydrogens (tertiary/aromatic N) is 1. The van der Waals surface area contributed by atoms with E-state index in [1.165, 1.54) is 21.3 Å². The Morgan fingerprint density at radius 3 is 2.28 bits per heavy atom. The fraction of sp³-hybridized carbons (Fsp3) is 0.250. The molecule has 0 heterocycles. The molecule has 0 aliphatic rings. The average molecular weight is 375 g/mol. The fourth-order valence-corrected chi connectivity index (χ4v) is 3.48. The van der Waals surface area contributed by atoms with Crippen LogP contribution in [-0.2, 0) is 16.6 Å². The molecule has 0 N–H and O–H groups in total. The van der Waals surface area contributed by atoms with E-state index in [0.717, 1.165) is 4.31 Å². The molecule has 0 spiro atoms. The summed E-state index contributed by atoms with van der Waals surface area (Å²) in [5, 5.41) is 0. The second-order valence-electron chi connectivity index (χ2n) is 5.09. The lowest BCUT2D eigenvalue weighted by Gasteiger charge is -2.20. The summed E-state index contributed by atoms with van der Waals surface area (Å²) in [7, 11) is -0.384. The van der Waals surface area contributed by atoms with E-state index < -0.39 is 32.4 Å². The van der Waals surface area contributed by atoms with Gasteiger partial charge >= 0.3 is 0 Å². The van der Waals surface area contributed by atoms with Crippen molar-refractivity contribution < 1.29 is 31.1 Å². The fourth-order valence-electron chi connectivity index (χ4n) is 2.28. The molecule has 0 bridgehead atoms. The molecule has 0 radical (unpaired) electrons. The summed E-state index contributed by atoms with van der Waals surface area (Å²) >= 11 is 0. The molecule has 2 aromatic rings. The van der Waals surface area contributed by atoms with Crippen molar-refractivity contribution in [1.29, 1.82) is 0 Å². The van der Waals surface area contributed by atoms with Crippen LogP contribution in [0.3, 0.4) is 0 Å². The lowest BCUT2D eigenvalue weighted by Crippen LogP contribution is -2.28. The van der Waals surface area contributed by atoms with Gasteiger partial charge in [0.2, 0.25) is 10.0 Å². The first-order valence-electron chi connectivity index (χ1n) is 7.03. The van der Waals surface area contributed by atoms with Gasteiger partial charge in [0, 0.05) is 19.2 Å². The van der Waals surface area contributed by atoms with Gasteiger partial charge in [0.1, 0.15) is 4.90 Å². The first kappa shape index (κ1) is 19.1. The molecule has 0 aliphatic heterocycles. The van der Waals surface area contributed by atoms with Crippen molar-refractivity contribution in [1.82, 2.24) is 4.31 Å². The molecule has 0 atom stereocenters. The zero-order valence-corrected chi connectivity index (χ0v) is 14.5. The van der Waals surface area contributed by atoms with Crippen LogP contribution in [0, 0.1) is 17.5 Å². The zero-order chi connectivity index (χ0) is 18.8. The Hall–Kier alpha value is -2.26. The zero-order valence-electron chi connectivity index (χ0n) is 13.7. The van der Waals surface area contributed by atoms with Crippen molar-refractivity contribution in [2.24, 2.45) is 0 Å². The Labute approximate surface area is 143 Å². The smallest absolute Gasteiger partial charge is 0.246 e. The van der Waals surface area contributed by atoms with Crippen molar-refractivity contribution in [3.8, 4) is 11.5 Å². The molecule has 0 fully saturated rings. The van der Waals surface area contributed by atoms with Crippen LogP contribution in [0.25, 0.3) is 0 Å². The quantitative estimate of drug-likeness (QED) is 0.729. The molecule has 2 rings (SSSR count). The van der Waals surface area contributed by atoms with E-state index in [2.05, 4.69) is 0 Å². The first-order chi connectivity index (χ1) is 11.7. The molecular weight excluding hydrogens is 359 g/mol. The molecular formula is C16H16F3NO4S. The predicted octanol–water partition coefficient (Wildman–Crippen LogP) is 2.94. The second kappa shape index (κ2) is 7.32. The average Bonchev–Trinajstić information content (AvgIpc) is 2.59. The number of hydrogen-bond acceptors (Lipinski definition) is 4. The van der Waals surface area contributed by atoms with E-state index in [0.29, 0.717) is 29.2 Å². The van der Waals surface area contributed by atoms with Gasteiger partial charge in [0.15, 0.2) is 29.0 Å². The van der Waals surface area contributed by atoms with E-state index in [4.69, 9.17) is 9.47 Å². The summed E-state index contributed by atoms with van der Waals surface area (Å²) in [5.74, 6) is -4.35. The van der Waals surface area contributed by atoms with Crippen LogP contribution in [0.4, 0.5) is 13.2 Å². The highest BCUT2D eigenvalue weighted by Crippen LogP contribution is 2.32. The number of hydrogen-bond donors (Lipinski definition) is 0. The Bertz CT molecular complexity index is 887. The van der Waals surface area contributed by atoms with Gasteiger partial charge in [-0.3, -0.25) is 0 Å². The van der Waals surface area contributed by atoms with Crippen molar-refractivity contribution >= 4 is 10.0 Å². The van der Waals surface area contributed by atoms with Gasteiger partial charge in [-0.15, -0.1) is 0 Å². The van der Waals surface area contributed by atoms with Crippen LogP contribution in [0.5, 0.6) is 11.5 Å². The van der Waals surface area contributed by atoms with Gasteiger partial charge in [-0.1, -0.05) is 12.1 Å². The molecule has 0 aliphatic carbocycles. The minimum Gasteiger partial charge on any atom is -0.493 e. The number of benzene rings is 2. The van der Waals surface area contributed by atoms with E-state index in [-0.39, 0.29) is 6.54 Å². The first-order valence-corrected chi connectivity index (χ1v) is 8.47. The molecule has 0 aromatic heterocycles. The third-order valence-electron chi connectivity index (χ3n) is 3.57. The highest BCUT2D eigenvalue weighted by atomic mass is 32.2. The number of ether oxygens (including phenoxy) is 2. The number of sulfonamides is 1. The summed E-state index contributed by atoms with van der Waals surface area (Å²) in [6, 6.07) is 6.11. The lowest BCUT2D eigenvalue weighted by atomic mass is 10.2. The Kier molecular flexibility index (Phi) is 5.58. The standard InChI is InChI=1S/C16H16F3NO4S/c1-20(9-10-5-4-6-12(23-2)16(10)24-3)25(21,22)13-8-7-11(17)14(18)15(13)19/h4-8H,9H2,1-3H3. The largest absolute Gasteiger partial charge is 0.493 e. The van der Waals surface area contributed by atoms with Crippen LogP contribution in [-0.4, -0.2) is 34.0 Å². The normalized spacial score (nSPS) is 11.6. The van der Waals surface area contributed by atoms with Crippen LogP contribution in [0.2, 0.25) is 0 Å².